The molecule has 0 aromatic rings. The summed E-state index contributed by atoms with van der Waals surface area (Å²) in [7, 11) is 0. The van der Waals surface area contributed by atoms with Crippen LogP contribution in [0.15, 0.2) is 36.2 Å². The first-order valence-corrected chi connectivity index (χ1v) is 3.75. The van der Waals surface area contributed by atoms with Crippen LogP contribution in [0.25, 0.3) is 0 Å². The number of aliphatic hydroxyl groups is 1. The van der Waals surface area contributed by atoms with E-state index in [1.54, 1.807) is 6.92 Å². The maximum Gasteiger partial charge on any atom is 0.0552 e. The Balaban J connectivity index is 2.51. The maximum atomic E-state index is 9.07. The Kier molecular flexibility index (Phi) is 2.93. The Bertz CT molecular complexity index is 202. The van der Waals surface area contributed by atoms with Crippen LogP contribution in [0.1, 0.15) is 13.3 Å². The highest BCUT2D eigenvalue weighted by Crippen LogP contribution is 2.07. The van der Waals surface area contributed by atoms with Gasteiger partial charge in [0, 0.05) is 12.4 Å². The van der Waals surface area contributed by atoms with Gasteiger partial charge in [-0.2, -0.15) is 0 Å². The minimum atomic E-state index is -0.272. The summed E-state index contributed by atoms with van der Waals surface area (Å²) in [6, 6.07) is 0. The molecule has 0 bridgehead atoms. The van der Waals surface area contributed by atoms with E-state index in [0.717, 1.165) is 5.57 Å². The summed E-state index contributed by atoms with van der Waals surface area (Å²) in [5.74, 6) is 0. The van der Waals surface area contributed by atoms with Gasteiger partial charge in [-0.3, -0.25) is 0 Å². The van der Waals surface area contributed by atoms with Crippen LogP contribution in [-0.4, -0.2) is 11.2 Å². The van der Waals surface area contributed by atoms with E-state index in [0.29, 0.717) is 6.42 Å². The fourth-order valence-corrected chi connectivity index (χ4v) is 0.962. The molecule has 0 aromatic heterocycles. The first-order chi connectivity index (χ1) is 5.29. The number of allylic oxidation sites excluding steroid dienone is 3. The summed E-state index contributed by atoms with van der Waals surface area (Å²) in [5, 5.41) is 12.1. The van der Waals surface area contributed by atoms with Crippen molar-refractivity contribution in [2.24, 2.45) is 0 Å². The second-order valence-electron chi connectivity index (χ2n) is 2.66. The Labute approximate surface area is 66.9 Å². The average Bonchev–Trinajstić information content (AvgIpc) is 2.14. The van der Waals surface area contributed by atoms with Gasteiger partial charge >= 0.3 is 0 Å². The molecule has 1 rings (SSSR count). The highest BCUT2D eigenvalue weighted by Gasteiger charge is 1.98. The van der Waals surface area contributed by atoms with Crippen molar-refractivity contribution in [1.29, 1.82) is 0 Å². The summed E-state index contributed by atoms with van der Waals surface area (Å²) in [6.45, 7) is 1.78. The molecule has 1 aliphatic rings. The topological polar surface area (TPSA) is 32.3 Å². The Morgan fingerprint density at radius 1 is 1.55 bits per heavy atom. The molecule has 60 valence electrons. The van der Waals surface area contributed by atoms with Crippen molar-refractivity contribution in [1.82, 2.24) is 5.32 Å². The highest BCUT2D eigenvalue weighted by molar-refractivity contribution is 5.25. The number of hydrogen-bond donors (Lipinski definition) is 2. The summed E-state index contributed by atoms with van der Waals surface area (Å²) in [4.78, 5) is 0. The van der Waals surface area contributed by atoms with E-state index in [4.69, 9.17) is 5.11 Å². The van der Waals surface area contributed by atoms with Crippen LogP contribution in [0.4, 0.5) is 0 Å². The molecule has 0 aromatic carbocycles. The van der Waals surface area contributed by atoms with E-state index in [2.05, 4.69) is 5.32 Å². The Morgan fingerprint density at radius 3 is 3.09 bits per heavy atom. The molecule has 1 aliphatic heterocycles. The zero-order valence-electron chi connectivity index (χ0n) is 6.62. The molecule has 0 aliphatic carbocycles. The van der Waals surface area contributed by atoms with Crippen molar-refractivity contribution in [2.75, 3.05) is 0 Å². The maximum absolute atomic E-state index is 9.07. The predicted octanol–water partition coefficient (Wildman–Crippen LogP) is 1.31. The van der Waals surface area contributed by atoms with E-state index in [-0.39, 0.29) is 6.10 Å². The lowest BCUT2D eigenvalue weighted by atomic mass is 10.1. The lowest BCUT2D eigenvalue weighted by molar-refractivity contribution is 0.196. The molecule has 2 nitrogen and oxygen atoms in total. The summed E-state index contributed by atoms with van der Waals surface area (Å²) in [5.41, 5.74) is 1.12. The van der Waals surface area contributed by atoms with Crippen molar-refractivity contribution >= 4 is 0 Å². The van der Waals surface area contributed by atoms with Crippen LogP contribution in [0.5, 0.6) is 0 Å². The molecule has 0 saturated heterocycles. The van der Waals surface area contributed by atoms with Gasteiger partial charge in [-0.05, 0) is 25.0 Å². The number of hydrogen-bond acceptors (Lipinski definition) is 2. The molecule has 0 fully saturated rings. The Hall–Kier alpha value is -1.02. The zero-order chi connectivity index (χ0) is 8.10. The summed E-state index contributed by atoms with van der Waals surface area (Å²) in [6.07, 6.45) is 10.0. The normalized spacial score (nSPS) is 18.5. The van der Waals surface area contributed by atoms with Gasteiger partial charge < -0.3 is 10.4 Å². The largest absolute Gasteiger partial charge is 0.393 e. The van der Waals surface area contributed by atoms with Crippen LogP contribution in [0.2, 0.25) is 0 Å². The summed E-state index contributed by atoms with van der Waals surface area (Å²) < 4.78 is 0. The van der Waals surface area contributed by atoms with Gasteiger partial charge in [0.15, 0.2) is 0 Å². The van der Waals surface area contributed by atoms with E-state index in [9.17, 15) is 0 Å². The molecule has 2 N–H and O–H groups in total. The lowest BCUT2D eigenvalue weighted by Gasteiger charge is -2.03. The first-order valence-electron chi connectivity index (χ1n) is 3.75. The van der Waals surface area contributed by atoms with Crippen molar-refractivity contribution in [2.45, 2.75) is 19.4 Å². The third-order valence-corrected chi connectivity index (χ3v) is 1.41. The number of aliphatic hydroxyl groups excluding tert-OH is 1. The van der Waals surface area contributed by atoms with Crippen molar-refractivity contribution in [3.63, 3.8) is 0 Å². The molecule has 1 unspecified atom stereocenters. The molecule has 11 heavy (non-hydrogen) atoms. The third kappa shape index (κ3) is 3.05. The average molecular weight is 151 g/mol. The molecular formula is C9H13NO. The zero-order valence-corrected chi connectivity index (χ0v) is 6.62. The van der Waals surface area contributed by atoms with Gasteiger partial charge in [0.05, 0.1) is 6.10 Å². The lowest BCUT2D eigenvalue weighted by Crippen LogP contribution is -2.02. The van der Waals surface area contributed by atoms with Gasteiger partial charge in [-0.15, -0.1) is 0 Å². The Morgan fingerprint density at radius 2 is 2.36 bits per heavy atom. The van der Waals surface area contributed by atoms with Crippen molar-refractivity contribution < 1.29 is 5.11 Å². The van der Waals surface area contributed by atoms with Gasteiger partial charge in [0.1, 0.15) is 0 Å². The van der Waals surface area contributed by atoms with Gasteiger partial charge in [0.25, 0.3) is 0 Å². The van der Waals surface area contributed by atoms with Crippen molar-refractivity contribution in [3.05, 3.63) is 36.2 Å². The van der Waals surface area contributed by atoms with Crippen LogP contribution in [-0.2, 0) is 0 Å². The van der Waals surface area contributed by atoms with Crippen LogP contribution < -0.4 is 5.32 Å². The summed E-state index contributed by atoms with van der Waals surface area (Å²) >= 11 is 0. The van der Waals surface area contributed by atoms with Crippen LogP contribution in [0.3, 0.4) is 0 Å². The van der Waals surface area contributed by atoms with Gasteiger partial charge in [-0.25, -0.2) is 0 Å². The molecule has 0 saturated carbocycles. The number of rotatable bonds is 2. The smallest absolute Gasteiger partial charge is 0.0552 e. The third-order valence-electron chi connectivity index (χ3n) is 1.41. The van der Waals surface area contributed by atoms with Crippen molar-refractivity contribution in [3.8, 4) is 0 Å². The van der Waals surface area contributed by atoms with E-state index >= 15 is 0 Å². The molecule has 0 amide bonds. The van der Waals surface area contributed by atoms with Gasteiger partial charge in [-0.1, -0.05) is 12.2 Å². The fourth-order valence-electron chi connectivity index (χ4n) is 0.962. The molecule has 0 radical (unpaired) electrons. The molecule has 2 heteroatoms. The van der Waals surface area contributed by atoms with E-state index in [1.165, 1.54) is 0 Å². The standard InChI is InChI=1S/C9H13NO/c1-8(11)6-9-4-2-3-5-10-7-9/h2-5,7-8,10-11H,6H2,1H3. The molecular weight excluding hydrogens is 138 g/mol. The minimum absolute atomic E-state index is 0.272. The predicted molar refractivity (Wildman–Crippen MR) is 45.8 cm³/mol. The van der Waals surface area contributed by atoms with Crippen LogP contribution >= 0.6 is 0 Å². The molecule has 1 atom stereocenters. The molecule has 1 heterocycles. The van der Waals surface area contributed by atoms with Crippen LogP contribution in [0, 0.1) is 0 Å². The van der Waals surface area contributed by atoms with Gasteiger partial charge in [0.2, 0.25) is 0 Å². The second kappa shape index (κ2) is 3.98. The highest BCUT2D eigenvalue weighted by atomic mass is 16.3. The number of nitrogens with one attached hydrogen (secondary N) is 1. The van der Waals surface area contributed by atoms with E-state index < -0.39 is 0 Å². The fraction of sp³-hybridized carbons (Fsp3) is 0.333. The monoisotopic (exact) mass is 151 g/mol. The molecule has 0 spiro atoms. The quantitative estimate of drug-likeness (QED) is 0.623. The first kappa shape index (κ1) is 8.08. The van der Waals surface area contributed by atoms with E-state index in [1.807, 2.05) is 30.6 Å². The minimum Gasteiger partial charge on any atom is -0.393 e. The second-order valence-corrected chi connectivity index (χ2v) is 2.66. The SMILES string of the molecule is CC(O)CC1=CNC=CC=C1.